The summed E-state index contributed by atoms with van der Waals surface area (Å²) in [6, 6.07) is 43.4. The summed E-state index contributed by atoms with van der Waals surface area (Å²) in [5.41, 5.74) is 9.91. The van der Waals surface area contributed by atoms with Crippen LogP contribution in [0.4, 0.5) is 0 Å². The summed E-state index contributed by atoms with van der Waals surface area (Å²) in [5.74, 6) is 0. The van der Waals surface area contributed by atoms with Gasteiger partial charge >= 0.3 is 0 Å². The summed E-state index contributed by atoms with van der Waals surface area (Å²) in [7, 11) is 0. The van der Waals surface area contributed by atoms with Crippen LogP contribution in [-0.4, -0.2) is 23.5 Å². The van der Waals surface area contributed by atoms with Crippen molar-refractivity contribution >= 4 is 71.1 Å². The number of nitrogens with zero attached hydrogens (tertiary/aromatic N) is 5. The van der Waals surface area contributed by atoms with Crippen LogP contribution < -0.4 is 0 Å². The summed E-state index contributed by atoms with van der Waals surface area (Å²) < 4.78 is 7.04. The van der Waals surface area contributed by atoms with Gasteiger partial charge in [0.1, 0.15) is 5.65 Å². The standard InChI is InChI=1S/C38H23N5/c1-3-10-24(11-4-1)42-31-15-8-7-14-26(31)27-17-18-29-28-19-20-30-33(34-32(16-9-21-39-34)41-23-22-40-38(30)41)35(28)43(37(29)36(27)42)25-12-5-2-6-13-25/h1-23H. The molecule has 10 aromatic rings. The van der Waals surface area contributed by atoms with E-state index in [-0.39, 0.29) is 0 Å². The van der Waals surface area contributed by atoms with Crippen LogP contribution in [-0.2, 0) is 0 Å². The lowest BCUT2D eigenvalue weighted by molar-refractivity contribution is 1.15. The minimum atomic E-state index is 0.936. The Bertz CT molecular complexity index is 2710. The van der Waals surface area contributed by atoms with E-state index in [1.54, 1.807) is 0 Å². The second kappa shape index (κ2) is 8.30. The molecular weight excluding hydrogens is 526 g/mol. The number of hydrogen-bond donors (Lipinski definition) is 0. The van der Waals surface area contributed by atoms with E-state index in [1.165, 1.54) is 38.1 Å². The zero-order chi connectivity index (χ0) is 28.1. The summed E-state index contributed by atoms with van der Waals surface area (Å²) in [5, 5.41) is 7.08. The van der Waals surface area contributed by atoms with Gasteiger partial charge in [0.15, 0.2) is 0 Å². The van der Waals surface area contributed by atoms with Crippen molar-refractivity contribution in [3.8, 4) is 11.4 Å². The molecule has 0 saturated heterocycles. The minimum absolute atomic E-state index is 0.936. The number of aromatic nitrogens is 5. The highest BCUT2D eigenvalue weighted by Crippen LogP contribution is 2.44. The molecule has 0 atom stereocenters. The maximum absolute atomic E-state index is 4.99. The first-order chi connectivity index (χ1) is 21.4. The third-order valence-corrected chi connectivity index (χ3v) is 8.92. The van der Waals surface area contributed by atoms with Crippen LogP contribution in [0.15, 0.2) is 140 Å². The SMILES string of the molecule is c1ccc(-n2c3ccccc3c3ccc4c5ccc6c(c7ncccc7n7ccnc67)c5n(-c5ccccc5)c4c32)cc1. The summed E-state index contributed by atoms with van der Waals surface area (Å²) in [4.78, 5) is 9.80. The highest BCUT2D eigenvalue weighted by atomic mass is 15.1. The molecule has 0 N–H and O–H groups in total. The molecule has 0 aliphatic heterocycles. The molecule has 200 valence electrons. The van der Waals surface area contributed by atoms with Gasteiger partial charge in [-0.2, -0.15) is 0 Å². The molecule has 0 spiro atoms. The van der Waals surface area contributed by atoms with Crippen LogP contribution in [0.2, 0.25) is 0 Å². The monoisotopic (exact) mass is 549 g/mol. The maximum atomic E-state index is 4.99. The first-order valence-electron chi connectivity index (χ1n) is 14.5. The van der Waals surface area contributed by atoms with Gasteiger partial charge in [0.05, 0.1) is 33.1 Å². The molecule has 0 saturated carbocycles. The van der Waals surface area contributed by atoms with Gasteiger partial charge in [-0.15, -0.1) is 0 Å². The quantitative estimate of drug-likeness (QED) is 0.202. The van der Waals surface area contributed by atoms with Crippen LogP contribution in [0.3, 0.4) is 0 Å². The third-order valence-electron chi connectivity index (χ3n) is 8.92. The van der Waals surface area contributed by atoms with Crippen molar-refractivity contribution in [2.24, 2.45) is 0 Å². The van der Waals surface area contributed by atoms with E-state index < -0.39 is 0 Å². The lowest BCUT2D eigenvalue weighted by Gasteiger charge is -2.14. The molecule has 0 unspecified atom stereocenters. The maximum Gasteiger partial charge on any atom is 0.145 e. The Morgan fingerprint density at radius 2 is 1.02 bits per heavy atom. The Hall–Kier alpha value is -5.94. The van der Waals surface area contributed by atoms with Crippen LogP contribution in [0.5, 0.6) is 0 Å². The molecule has 0 aliphatic rings. The highest BCUT2D eigenvalue weighted by molar-refractivity contribution is 6.30. The molecule has 5 aromatic heterocycles. The van der Waals surface area contributed by atoms with E-state index in [1.807, 2.05) is 24.7 Å². The van der Waals surface area contributed by atoms with Gasteiger partial charge in [-0.1, -0.05) is 72.8 Å². The topological polar surface area (TPSA) is 40.1 Å². The fourth-order valence-corrected chi connectivity index (χ4v) is 7.22. The molecule has 5 nitrogen and oxygen atoms in total. The zero-order valence-corrected chi connectivity index (χ0v) is 23.0. The lowest BCUT2D eigenvalue weighted by Crippen LogP contribution is -1.99. The second-order valence-electron chi connectivity index (χ2n) is 11.1. The van der Waals surface area contributed by atoms with Crippen LogP contribution in [0.25, 0.3) is 82.4 Å². The zero-order valence-electron chi connectivity index (χ0n) is 23.0. The first kappa shape index (κ1) is 22.7. The lowest BCUT2D eigenvalue weighted by atomic mass is 10.0. The van der Waals surface area contributed by atoms with Crippen molar-refractivity contribution in [1.82, 2.24) is 23.5 Å². The Kier molecular flexibility index (Phi) is 4.39. The Morgan fingerprint density at radius 3 is 1.81 bits per heavy atom. The van der Waals surface area contributed by atoms with Gasteiger partial charge in [-0.25, -0.2) is 4.98 Å². The van der Waals surface area contributed by atoms with E-state index in [9.17, 15) is 0 Å². The van der Waals surface area contributed by atoms with Gasteiger partial charge in [0.25, 0.3) is 0 Å². The molecule has 0 aliphatic carbocycles. The predicted octanol–water partition coefficient (Wildman–Crippen LogP) is 9.23. The highest BCUT2D eigenvalue weighted by Gasteiger charge is 2.24. The molecule has 10 rings (SSSR count). The first-order valence-corrected chi connectivity index (χ1v) is 14.5. The Balaban J connectivity index is 1.55. The summed E-state index contributed by atoms with van der Waals surface area (Å²) in [6.45, 7) is 0. The average Bonchev–Trinajstić information content (AvgIpc) is 3.78. The fraction of sp³-hybridized carbons (Fsp3) is 0. The predicted molar refractivity (Wildman–Crippen MR) is 177 cm³/mol. The number of para-hydroxylation sites is 3. The fourth-order valence-electron chi connectivity index (χ4n) is 7.22. The van der Waals surface area contributed by atoms with Crippen molar-refractivity contribution in [1.29, 1.82) is 0 Å². The number of rotatable bonds is 2. The van der Waals surface area contributed by atoms with Crippen LogP contribution >= 0.6 is 0 Å². The number of imidazole rings is 1. The van der Waals surface area contributed by atoms with E-state index in [2.05, 4.69) is 129 Å². The largest absolute Gasteiger partial charge is 0.307 e. The second-order valence-corrected chi connectivity index (χ2v) is 11.1. The molecular formula is C38H23N5. The van der Waals surface area contributed by atoms with Crippen LogP contribution in [0.1, 0.15) is 0 Å². The smallest absolute Gasteiger partial charge is 0.145 e. The van der Waals surface area contributed by atoms with E-state index >= 15 is 0 Å². The Labute approximate surface area is 245 Å². The molecule has 0 amide bonds. The Morgan fingerprint density at radius 1 is 0.419 bits per heavy atom. The van der Waals surface area contributed by atoms with Crippen molar-refractivity contribution in [3.63, 3.8) is 0 Å². The minimum Gasteiger partial charge on any atom is -0.307 e. The van der Waals surface area contributed by atoms with Gasteiger partial charge in [-0.3, -0.25) is 9.38 Å². The average molecular weight is 550 g/mol. The number of fused-ring (bicyclic) bond motifs is 14. The van der Waals surface area contributed by atoms with Crippen LogP contribution in [0, 0.1) is 0 Å². The van der Waals surface area contributed by atoms with Crippen molar-refractivity contribution < 1.29 is 0 Å². The molecule has 0 radical (unpaired) electrons. The van der Waals surface area contributed by atoms with Crippen molar-refractivity contribution in [2.45, 2.75) is 0 Å². The summed E-state index contributed by atoms with van der Waals surface area (Å²) in [6.07, 6.45) is 5.79. The molecule has 0 bridgehead atoms. The number of pyridine rings is 2. The summed E-state index contributed by atoms with van der Waals surface area (Å²) >= 11 is 0. The van der Waals surface area contributed by atoms with E-state index in [0.29, 0.717) is 0 Å². The number of benzene rings is 5. The van der Waals surface area contributed by atoms with E-state index in [0.717, 1.165) is 44.3 Å². The molecule has 5 heterocycles. The van der Waals surface area contributed by atoms with Gasteiger partial charge in [-0.05, 0) is 48.5 Å². The van der Waals surface area contributed by atoms with Gasteiger partial charge in [0.2, 0.25) is 0 Å². The van der Waals surface area contributed by atoms with Gasteiger partial charge < -0.3 is 9.13 Å². The molecule has 43 heavy (non-hydrogen) atoms. The van der Waals surface area contributed by atoms with E-state index in [4.69, 9.17) is 9.97 Å². The molecule has 5 heteroatoms. The van der Waals surface area contributed by atoms with Crippen molar-refractivity contribution in [2.75, 3.05) is 0 Å². The molecule has 5 aromatic carbocycles. The third kappa shape index (κ3) is 2.90. The normalized spacial score (nSPS) is 12.2. The number of hydrogen-bond acceptors (Lipinski definition) is 2. The molecule has 0 fully saturated rings. The van der Waals surface area contributed by atoms with Crippen molar-refractivity contribution in [3.05, 3.63) is 140 Å². The van der Waals surface area contributed by atoms with Gasteiger partial charge in [0, 0.05) is 62.3 Å².